The van der Waals surface area contributed by atoms with E-state index in [2.05, 4.69) is 32.9 Å². The number of aromatic nitrogens is 1. The maximum absolute atomic E-state index is 14.1. The minimum atomic E-state index is -4.71. The Balaban J connectivity index is 1.62. The molecule has 0 aliphatic heterocycles. The molecule has 1 heterocycles. The lowest BCUT2D eigenvalue weighted by molar-refractivity contribution is -0.139. The van der Waals surface area contributed by atoms with Gasteiger partial charge in [0.1, 0.15) is 5.82 Å². The minimum absolute atomic E-state index is 0.0836. The first-order valence-corrected chi connectivity index (χ1v) is 15.2. The lowest BCUT2D eigenvalue weighted by atomic mass is 9.83. The van der Waals surface area contributed by atoms with Crippen LogP contribution in [0, 0.1) is 17.7 Å². The van der Waals surface area contributed by atoms with Crippen LogP contribution in [0.3, 0.4) is 0 Å². The van der Waals surface area contributed by atoms with Crippen LogP contribution < -0.4 is 5.32 Å². The molecule has 0 atom stereocenters. The number of anilines is 1. The Morgan fingerprint density at radius 1 is 1.24 bits per heavy atom. The zero-order valence-corrected chi connectivity index (χ0v) is 24.1. The number of benzene rings is 1. The predicted molar refractivity (Wildman–Crippen MR) is 146 cm³/mol. The number of thiazole rings is 1. The van der Waals surface area contributed by atoms with Crippen LogP contribution in [-0.2, 0) is 22.3 Å². The van der Waals surface area contributed by atoms with Crippen molar-refractivity contribution >= 4 is 62.8 Å². The summed E-state index contributed by atoms with van der Waals surface area (Å²) in [6.07, 6.45) is 0.858. The summed E-state index contributed by atoms with van der Waals surface area (Å²) in [6, 6.07) is 2.34. The summed E-state index contributed by atoms with van der Waals surface area (Å²) in [7, 11) is 0. The molecule has 1 fully saturated rings. The highest BCUT2D eigenvalue weighted by molar-refractivity contribution is 14.1. The normalized spacial score (nSPS) is 17.8. The second-order valence-electron chi connectivity index (χ2n) is 8.90. The number of carbonyl (C=O) groups is 2. The van der Waals surface area contributed by atoms with Crippen LogP contribution in [0.2, 0.25) is 0 Å². The molecule has 1 aliphatic rings. The highest BCUT2D eigenvalue weighted by Crippen LogP contribution is 2.34. The Hall–Kier alpha value is -1.65. The van der Waals surface area contributed by atoms with E-state index >= 15 is 0 Å². The number of carboxylic acid groups (broad SMARTS) is 1. The topological polar surface area (TPSA) is 91.8 Å². The van der Waals surface area contributed by atoms with E-state index in [1.165, 1.54) is 6.20 Å². The van der Waals surface area contributed by atoms with Crippen molar-refractivity contribution in [2.24, 2.45) is 11.8 Å². The van der Waals surface area contributed by atoms with Crippen LogP contribution in [0.15, 0.2) is 28.6 Å². The standard InChI is InChI=1S/C24H28F4IN3O4S2/c25-19-3-1-2-18(24(26,27)28)17(19)13-36-9-8-32(12-16-6-4-15(10-29)5-7-16)23(35)31-22-30-11-21(38-22)37-14-20(33)34/h1-3,11,15-16H,4-10,12-14H2,(H,33,34)(H,30,31,35). The lowest BCUT2D eigenvalue weighted by Gasteiger charge is -2.32. The van der Waals surface area contributed by atoms with Gasteiger partial charge in [0.2, 0.25) is 0 Å². The summed E-state index contributed by atoms with van der Waals surface area (Å²) in [4.78, 5) is 29.6. The molecule has 3 rings (SSSR count). The summed E-state index contributed by atoms with van der Waals surface area (Å²) < 4.78 is 61.0. The SMILES string of the molecule is O=C(O)CSc1cnc(NC(=O)N(CCOCc2c(F)cccc2C(F)(F)F)CC2CCC(CI)CC2)s1. The largest absolute Gasteiger partial charge is 0.481 e. The maximum Gasteiger partial charge on any atom is 0.416 e. The molecule has 1 aliphatic carbocycles. The number of ether oxygens (including phenoxy) is 1. The Morgan fingerprint density at radius 2 is 1.95 bits per heavy atom. The number of amides is 2. The first-order chi connectivity index (χ1) is 18.1. The number of halogens is 5. The zero-order valence-electron chi connectivity index (χ0n) is 20.3. The van der Waals surface area contributed by atoms with Crippen LogP contribution in [-0.4, -0.2) is 56.9 Å². The number of rotatable bonds is 12. The fraction of sp³-hybridized carbons (Fsp3) is 0.542. The predicted octanol–water partition coefficient (Wildman–Crippen LogP) is 6.77. The highest BCUT2D eigenvalue weighted by atomic mass is 127. The number of nitrogens with zero attached hydrogens (tertiary/aromatic N) is 2. The first kappa shape index (κ1) is 30.9. The first-order valence-electron chi connectivity index (χ1n) is 11.9. The number of alkyl halides is 4. The summed E-state index contributed by atoms with van der Waals surface area (Å²) in [6.45, 7) is -0.114. The van der Waals surface area contributed by atoms with Gasteiger partial charge in [0.15, 0.2) is 5.13 Å². The van der Waals surface area contributed by atoms with Crippen LogP contribution in [0.1, 0.15) is 36.8 Å². The van der Waals surface area contributed by atoms with E-state index in [0.29, 0.717) is 21.8 Å². The van der Waals surface area contributed by atoms with E-state index < -0.39 is 41.7 Å². The van der Waals surface area contributed by atoms with E-state index in [-0.39, 0.29) is 24.8 Å². The van der Waals surface area contributed by atoms with Crippen molar-refractivity contribution in [3.8, 4) is 0 Å². The minimum Gasteiger partial charge on any atom is -0.481 e. The van der Waals surface area contributed by atoms with Crippen molar-refractivity contribution < 1.29 is 37.0 Å². The molecule has 2 aromatic rings. The summed E-state index contributed by atoms with van der Waals surface area (Å²) in [5.74, 6) is -1.15. The molecule has 38 heavy (non-hydrogen) atoms. The summed E-state index contributed by atoms with van der Waals surface area (Å²) >= 11 is 4.63. The van der Waals surface area contributed by atoms with Crippen molar-refractivity contribution in [2.75, 3.05) is 35.2 Å². The van der Waals surface area contributed by atoms with Gasteiger partial charge >= 0.3 is 18.2 Å². The fourth-order valence-corrected chi connectivity index (χ4v) is 6.63. The number of thioether (sulfide) groups is 1. The van der Waals surface area contributed by atoms with E-state index in [1.54, 1.807) is 4.90 Å². The lowest BCUT2D eigenvalue weighted by Crippen LogP contribution is -2.41. The molecule has 2 amide bonds. The van der Waals surface area contributed by atoms with Crippen LogP contribution in [0.25, 0.3) is 0 Å². The molecule has 0 bridgehead atoms. The van der Waals surface area contributed by atoms with Crippen molar-refractivity contribution in [3.63, 3.8) is 0 Å². The third-order valence-corrected chi connectivity index (χ3v) is 9.50. The van der Waals surface area contributed by atoms with E-state index in [9.17, 15) is 27.2 Å². The van der Waals surface area contributed by atoms with E-state index in [1.807, 2.05) is 0 Å². The molecule has 210 valence electrons. The second kappa shape index (κ2) is 14.7. The van der Waals surface area contributed by atoms with Gasteiger partial charge in [0.05, 0.1) is 34.9 Å². The molecule has 2 N–H and O–H groups in total. The van der Waals surface area contributed by atoms with Gasteiger partial charge in [-0.05, 0) is 49.7 Å². The molecule has 14 heteroatoms. The average molecular weight is 690 g/mol. The van der Waals surface area contributed by atoms with E-state index in [4.69, 9.17) is 9.84 Å². The monoisotopic (exact) mass is 689 g/mol. The molecule has 0 radical (unpaired) electrons. The summed E-state index contributed by atoms with van der Waals surface area (Å²) in [5, 5.41) is 11.9. The number of hydrogen-bond donors (Lipinski definition) is 2. The molecular formula is C24H28F4IN3O4S2. The molecule has 1 aromatic carbocycles. The van der Waals surface area contributed by atoms with Gasteiger partial charge < -0.3 is 14.7 Å². The number of nitrogens with one attached hydrogen (secondary N) is 1. The van der Waals surface area contributed by atoms with E-state index in [0.717, 1.165) is 71.4 Å². The van der Waals surface area contributed by atoms with Gasteiger partial charge in [-0.15, -0.1) is 11.8 Å². The Kier molecular flexibility index (Phi) is 11.9. The van der Waals surface area contributed by atoms with Crippen molar-refractivity contribution in [3.05, 3.63) is 41.3 Å². The van der Waals surface area contributed by atoms with Crippen LogP contribution in [0.5, 0.6) is 0 Å². The van der Waals surface area contributed by atoms with Crippen LogP contribution in [0.4, 0.5) is 27.5 Å². The quantitative estimate of drug-likeness (QED) is 0.0841. The van der Waals surface area contributed by atoms with Gasteiger partial charge in [0, 0.05) is 23.1 Å². The number of carbonyl (C=O) groups excluding carboxylic acids is 1. The smallest absolute Gasteiger partial charge is 0.416 e. The molecule has 1 aromatic heterocycles. The van der Waals surface area contributed by atoms with Crippen LogP contribution >= 0.6 is 45.7 Å². The van der Waals surface area contributed by atoms with Gasteiger partial charge in [-0.3, -0.25) is 10.1 Å². The highest BCUT2D eigenvalue weighted by Gasteiger charge is 2.34. The molecule has 0 spiro atoms. The maximum atomic E-state index is 14.1. The third-order valence-electron chi connectivity index (χ3n) is 6.16. The zero-order chi connectivity index (χ0) is 27.7. The van der Waals surface area contributed by atoms with Crippen molar-refractivity contribution in [2.45, 2.75) is 42.7 Å². The number of aliphatic carboxylic acids is 1. The van der Waals surface area contributed by atoms with Gasteiger partial charge in [-0.25, -0.2) is 14.2 Å². The Morgan fingerprint density at radius 3 is 2.61 bits per heavy atom. The third kappa shape index (κ3) is 9.52. The average Bonchev–Trinajstić information content (AvgIpc) is 3.32. The number of hydrogen-bond acceptors (Lipinski definition) is 6. The van der Waals surface area contributed by atoms with Gasteiger partial charge in [0.25, 0.3) is 0 Å². The Bertz CT molecular complexity index is 1080. The number of urea groups is 1. The number of carboxylic acids is 1. The van der Waals surface area contributed by atoms with Crippen molar-refractivity contribution in [1.29, 1.82) is 0 Å². The second-order valence-corrected chi connectivity index (χ2v) is 12.1. The molecule has 7 nitrogen and oxygen atoms in total. The summed E-state index contributed by atoms with van der Waals surface area (Å²) in [5.41, 5.74) is -1.65. The molecule has 1 saturated carbocycles. The molecular weight excluding hydrogens is 661 g/mol. The van der Waals surface area contributed by atoms with Crippen molar-refractivity contribution in [1.82, 2.24) is 9.88 Å². The van der Waals surface area contributed by atoms with Gasteiger partial charge in [-0.1, -0.05) is 40.0 Å². The Labute approximate surface area is 239 Å². The fourth-order valence-electron chi connectivity index (χ4n) is 4.16. The molecule has 0 unspecified atom stereocenters. The molecule has 0 saturated heterocycles. The van der Waals surface area contributed by atoms with Gasteiger partial charge in [-0.2, -0.15) is 13.2 Å².